The summed E-state index contributed by atoms with van der Waals surface area (Å²) < 4.78 is 38.2. The first-order valence-corrected chi connectivity index (χ1v) is 7.52. The van der Waals surface area contributed by atoms with Gasteiger partial charge in [0.15, 0.2) is 4.90 Å². The number of sulfonamides is 1. The van der Waals surface area contributed by atoms with Gasteiger partial charge in [-0.05, 0) is 33.0 Å². The first-order valence-electron chi connectivity index (χ1n) is 6.03. The molecular formula is C10H19ClFN5O2S. The molecule has 0 aliphatic carbocycles. The van der Waals surface area contributed by atoms with E-state index in [1.54, 1.807) is 0 Å². The fraction of sp³-hybridized carbons (Fsp3) is 0.700. The topological polar surface area (TPSA) is 79.3 Å². The maximum atomic E-state index is 13.5. The second-order valence-electron chi connectivity index (χ2n) is 4.75. The molecule has 2 rings (SSSR count). The Morgan fingerprint density at radius 2 is 1.95 bits per heavy atom. The molecule has 0 aromatic carbocycles. The lowest BCUT2D eigenvalue weighted by atomic mass is 10.1. The Morgan fingerprint density at radius 3 is 2.45 bits per heavy atom. The molecule has 0 spiro atoms. The summed E-state index contributed by atoms with van der Waals surface area (Å²) in [6, 6.07) is 0.0608. The van der Waals surface area contributed by atoms with Gasteiger partial charge in [-0.25, -0.2) is 18.5 Å². The number of hydrazine groups is 1. The van der Waals surface area contributed by atoms with Crippen molar-refractivity contribution < 1.29 is 12.8 Å². The molecule has 2 N–H and O–H groups in total. The van der Waals surface area contributed by atoms with E-state index in [9.17, 15) is 12.8 Å². The van der Waals surface area contributed by atoms with Crippen LogP contribution in [0.4, 0.5) is 4.39 Å². The lowest BCUT2D eigenvalue weighted by molar-refractivity contribution is 0.231. The molecule has 10 heteroatoms. The van der Waals surface area contributed by atoms with Crippen molar-refractivity contribution in [2.75, 3.05) is 20.1 Å². The standard InChI is InChI=1S/C10H18FN5O2S.ClH/c1-15-5-3-8(4-6-15)13-14-19(17,18)9-7-12-16(2)10(9)11;/h7-8,13-14H,3-6H2,1-2H3;1H. The van der Waals surface area contributed by atoms with E-state index in [2.05, 4.69) is 20.3 Å². The molecule has 2 heterocycles. The predicted molar refractivity (Wildman–Crippen MR) is 74.4 cm³/mol. The van der Waals surface area contributed by atoms with E-state index >= 15 is 0 Å². The maximum Gasteiger partial charge on any atom is 0.259 e. The highest BCUT2D eigenvalue weighted by Gasteiger charge is 2.24. The highest BCUT2D eigenvalue weighted by molar-refractivity contribution is 7.89. The summed E-state index contributed by atoms with van der Waals surface area (Å²) in [4.78, 5) is 3.95. The number of aromatic nitrogens is 2. The lowest BCUT2D eigenvalue weighted by Crippen LogP contribution is -2.48. The van der Waals surface area contributed by atoms with Gasteiger partial charge >= 0.3 is 0 Å². The molecule has 1 aliphatic rings. The van der Waals surface area contributed by atoms with Gasteiger partial charge in [-0.2, -0.15) is 9.49 Å². The van der Waals surface area contributed by atoms with Gasteiger partial charge in [0, 0.05) is 13.1 Å². The van der Waals surface area contributed by atoms with Crippen molar-refractivity contribution in [1.82, 2.24) is 24.9 Å². The second-order valence-corrected chi connectivity index (χ2v) is 6.40. The molecule has 0 radical (unpaired) electrons. The van der Waals surface area contributed by atoms with Crippen molar-refractivity contribution in [3.05, 3.63) is 12.1 Å². The number of halogens is 2. The molecule has 0 unspecified atom stereocenters. The van der Waals surface area contributed by atoms with E-state index in [0.717, 1.165) is 36.8 Å². The Hall–Kier alpha value is -0.740. The predicted octanol–water partition coefficient (Wildman–Crippen LogP) is -0.142. The van der Waals surface area contributed by atoms with Crippen LogP contribution >= 0.6 is 12.4 Å². The van der Waals surface area contributed by atoms with Gasteiger partial charge in [0.25, 0.3) is 10.0 Å². The minimum atomic E-state index is -3.92. The number of likely N-dealkylation sites (tertiary alicyclic amines) is 1. The van der Waals surface area contributed by atoms with Crippen molar-refractivity contribution in [3.63, 3.8) is 0 Å². The molecule has 1 saturated heterocycles. The minimum absolute atomic E-state index is 0. The van der Waals surface area contributed by atoms with Crippen LogP contribution in [0.3, 0.4) is 0 Å². The molecular weight excluding hydrogens is 309 g/mol. The molecule has 20 heavy (non-hydrogen) atoms. The molecule has 0 amide bonds. The van der Waals surface area contributed by atoms with E-state index in [-0.39, 0.29) is 18.4 Å². The number of piperidine rings is 1. The van der Waals surface area contributed by atoms with Crippen LogP contribution in [0, 0.1) is 5.95 Å². The van der Waals surface area contributed by atoms with E-state index in [1.807, 2.05) is 7.05 Å². The number of nitrogens with one attached hydrogen (secondary N) is 2. The number of hydrogen-bond acceptors (Lipinski definition) is 5. The molecule has 7 nitrogen and oxygen atoms in total. The number of aryl methyl sites for hydroxylation is 1. The summed E-state index contributed by atoms with van der Waals surface area (Å²) in [5.41, 5.74) is 2.75. The van der Waals surface area contributed by atoms with Crippen molar-refractivity contribution in [1.29, 1.82) is 0 Å². The van der Waals surface area contributed by atoms with Gasteiger partial charge in [-0.15, -0.1) is 17.2 Å². The smallest absolute Gasteiger partial charge is 0.259 e. The zero-order valence-corrected chi connectivity index (χ0v) is 13.0. The molecule has 0 bridgehead atoms. The summed E-state index contributed by atoms with van der Waals surface area (Å²) in [6.07, 6.45) is 2.68. The van der Waals surface area contributed by atoms with Gasteiger partial charge in [-0.3, -0.25) is 0 Å². The summed E-state index contributed by atoms with van der Waals surface area (Å²) in [7, 11) is -0.551. The average molecular weight is 328 g/mol. The molecule has 1 aromatic heterocycles. The van der Waals surface area contributed by atoms with E-state index < -0.39 is 20.9 Å². The zero-order chi connectivity index (χ0) is 14.0. The number of rotatable bonds is 4. The Kier molecular flexibility index (Phi) is 5.90. The Bertz CT molecular complexity index is 542. The van der Waals surface area contributed by atoms with Crippen LogP contribution in [0.2, 0.25) is 0 Å². The highest BCUT2D eigenvalue weighted by Crippen LogP contribution is 2.12. The third kappa shape index (κ3) is 3.89. The van der Waals surface area contributed by atoms with E-state index in [0.29, 0.717) is 0 Å². The largest absolute Gasteiger partial charge is 0.306 e. The maximum absolute atomic E-state index is 13.5. The van der Waals surface area contributed by atoms with Crippen LogP contribution in [0.5, 0.6) is 0 Å². The fourth-order valence-electron chi connectivity index (χ4n) is 1.95. The van der Waals surface area contributed by atoms with Crippen LogP contribution in [0.25, 0.3) is 0 Å². The second kappa shape index (κ2) is 6.81. The monoisotopic (exact) mass is 327 g/mol. The zero-order valence-electron chi connectivity index (χ0n) is 11.3. The number of nitrogens with zero attached hydrogens (tertiary/aromatic N) is 3. The van der Waals surface area contributed by atoms with Crippen molar-refractivity contribution >= 4 is 22.4 Å². The average Bonchev–Trinajstić information content (AvgIpc) is 2.70. The van der Waals surface area contributed by atoms with Crippen LogP contribution in [0.15, 0.2) is 11.1 Å². The molecule has 0 saturated carbocycles. The Morgan fingerprint density at radius 1 is 1.35 bits per heavy atom. The van der Waals surface area contributed by atoms with Gasteiger partial charge in [0.1, 0.15) is 0 Å². The summed E-state index contributed by atoms with van der Waals surface area (Å²) in [5, 5.41) is 3.58. The summed E-state index contributed by atoms with van der Waals surface area (Å²) >= 11 is 0. The summed E-state index contributed by atoms with van der Waals surface area (Å²) in [5.74, 6) is -0.877. The third-order valence-electron chi connectivity index (χ3n) is 3.24. The molecule has 1 aliphatic heterocycles. The van der Waals surface area contributed by atoms with Gasteiger partial charge in [0.05, 0.1) is 6.20 Å². The third-order valence-corrected chi connectivity index (χ3v) is 4.48. The van der Waals surface area contributed by atoms with E-state index in [1.165, 1.54) is 7.05 Å². The number of hydrogen-bond donors (Lipinski definition) is 2. The van der Waals surface area contributed by atoms with E-state index in [4.69, 9.17) is 0 Å². The SMILES string of the molecule is CN1CCC(NNS(=O)(=O)c2cnn(C)c2F)CC1.Cl. The lowest BCUT2D eigenvalue weighted by Gasteiger charge is -2.29. The molecule has 0 atom stereocenters. The normalized spacial score (nSPS) is 17.9. The Balaban J connectivity index is 0.00000200. The first-order chi connectivity index (χ1) is 8.90. The van der Waals surface area contributed by atoms with Crippen LogP contribution in [0.1, 0.15) is 12.8 Å². The van der Waals surface area contributed by atoms with Crippen LogP contribution < -0.4 is 10.3 Å². The van der Waals surface area contributed by atoms with Crippen molar-refractivity contribution in [2.24, 2.45) is 7.05 Å². The van der Waals surface area contributed by atoms with Crippen LogP contribution in [-0.4, -0.2) is 49.3 Å². The quantitative estimate of drug-likeness (QED) is 0.752. The molecule has 1 aromatic rings. The fourth-order valence-corrected chi connectivity index (χ4v) is 2.92. The van der Waals surface area contributed by atoms with Gasteiger partial charge in [-0.1, -0.05) is 0 Å². The van der Waals surface area contributed by atoms with Gasteiger partial charge < -0.3 is 4.90 Å². The van der Waals surface area contributed by atoms with Crippen molar-refractivity contribution in [2.45, 2.75) is 23.8 Å². The summed E-state index contributed by atoms with van der Waals surface area (Å²) in [6.45, 7) is 1.81. The molecule has 116 valence electrons. The Labute approximate surface area is 123 Å². The highest BCUT2D eigenvalue weighted by atomic mass is 35.5. The first kappa shape index (κ1) is 17.3. The van der Waals surface area contributed by atoms with Gasteiger partial charge in [0.2, 0.25) is 5.95 Å². The van der Waals surface area contributed by atoms with Crippen molar-refractivity contribution in [3.8, 4) is 0 Å². The molecule has 1 fully saturated rings. The van der Waals surface area contributed by atoms with Crippen LogP contribution in [-0.2, 0) is 17.1 Å². The minimum Gasteiger partial charge on any atom is -0.306 e.